The number of carboxylic acid groups (broad SMARTS) is 1. The minimum absolute atomic E-state index is 0. The molecule has 5 atom stereocenters. The molecule has 0 aromatic carbocycles. The van der Waals surface area contributed by atoms with Gasteiger partial charge in [-0.2, -0.15) is 0 Å². The van der Waals surface area contributed by atoms with Gasteiger partial charge >= 0.3 is 5.97 Å². The van der Waals surface area contributed by atoms with Gasteiger partial charge < -0.3 is 41.2 Å². The maximum atomic E-state index is 10.2. The number of carbonyl (C=O) groups is 1. The van der Waals surface area contributed by atoms with Crippen LogP contribution in [0.25, 0.3) is 0 Å². The third-order valence-corrected chi connectivity index (χ3v) is 1.86. The first-order chi connectivity index (χ1) is 6.82. The first-order valence-electron chi connectivity index (χ1n) is 4.07. The average Bonchev–Trinajstić information content (AvgIpc) is 2.23. The van der Waals surface area contributed by atoms with E-state index in [9.17, 15) is 4.79 Å². The number of aliphatic hydroxyl groups is 6. The Morgan fingerprint density at radius 2 is 1.35 bits per heavy atom. The van der Waals surface area contributed by atoms with Crippen molar-refractivity contribution in [1.82, 2.24) is 0 Å². The van der Waals surface area contributed by atoms with Crippen molar-refractivity contribution in [3.8, 4) is 0 Å². The first-order valence-corrected chi connectivity index (χ1v) is 4.07. The molecule has 0 aromatic heterocycles. The third-order valence-electron chi connectivity index (χ3n) is 1.86. The van der Waals surface area contributed by atoms with Gasteiger partial charge in [0.05, 0.1) is 6.61 Å². The summed E-state index contributed by atoms with van der Waals surface area (Å²) in [5.74, 6) is -1.78. The van der Waals surface area contributed by atoms with Crippen LogP contribution in [0.3, 0.4) is 0 Å². The fraction of sp³-hybridized carbons (Fsp3) is 0.857. The van der Waals surface area contributed by atoms with E-state index in [1.165, 1.54) is 0 Å². The molecule has 9 N–H and O–H groups in total. The predicted molar refractivity (Wildman–Crippen MR) is 54.1 cm³/mol. The Labute approximate surface area is 126 Å². The van der Waals surface area contributed by atoms with Gasteiger partial charge in [0.15, 0.2) is 6.10 Å². The van der Waals surface area contributed by atoms with Crippen LogP contribution in [0.2, 0.25) is 0 Å². The Balaban J connectivity index is -0.000000980. The molecule has 0 aliphatic carbocycles. The summed E-state index contributed by atoms with van der Waals surface area (Å²) in [5.41, 5.74) is 0. The molecule has 0 rings (SSSR count). The number of aliphatic carboxylic acids is 1. The third kappa shape index (κ3) is 6.81. The monoisotopic (exact) mass is 284 g/mol. The van der Waals surface area contributed by atoms with Gasteiger partial charge in [-0.1, -0.05) is 0 Å². The van der Waals surface area contributed by atoms with Crippen LogP contribution in [0.5, 0.6) is 0 Å². The van der Waals surface area contributed by atoms with Crippen LogP contribution in [0.4, 0.5) is 0 Å². The molecule has 10 heteroatoms. The molecule has 0 aliphatic heterocycles. The van der Waals surface area contributed by atoms with Crippen LogP contribution in [0.15, 0.2) is 0 Å². The maximum Gasteiger partial charge on any atom is 0.335 e. The number of hydrogen-bond donors (Lipinski definition) is 7. The van der Waals surface area contributed by atoms with Crippen molar-refractivity contribution in [3.05, 3.63) is 0 Å². The van der Waals surface area contributed by atoms with Crippen molar-refractivity contribution < 1.29 is 46.0 Å². The Morgan fingerprint density at radius 1 is 0.941 bits per heavy atom. The number of carboxylic acids is 1. The van der Waals surface area contributed by atoms with Crippen LogP contribution in [-0.2, 0) is 4.79 Å². The molecule has 0 bridgehead atoms. The maximum absolute atomic E-state index is 10.2. The van der Waals surface area contributed by atoms with E-state index in [1.807, 2.05) is 0 Å². The molecule has 0 aliphatic rings. The van der Waals surface area contributed by atoms with Gasteiger partial charge in [0, 0.05) is 37.7 Å². The van der Waals surface area contributed by atoms with E-state index in [1.54, 1.807) is 0 Å². The quantitative estimate of drug-likeness (QED) is 0.235. The topological polar surface area (TPSA) is 190 Å². The molecule has 0 aromatic rings. The molecule has 0 heterocycles. The Bertz CT molecular complexity index is 214. The van der Waals surface area contributed by atoms with Crippen LogP contribution in [0.1, 0.15) is 0 Å². The minimum Gasteiger partial charge on any atom is -0.479 e. The molecule has 0 saturated heterocycles. The zero-order chi connectivity index (χ0) is 12.2. The van der Waals surface area contributed by atoms with Crippen LogP contribution in [-0.4, -0.2) is 122 Å². The van der Waals surface area contributed by atoms with Crippen molar-refractivity contribution in [2.75, 3.05) is 6.61 Å². The smallest absolute Gasteiger partial charge is 0.335 e. The Hall–Kier alpha value is 0.450. The fourth-order valence-electron chi connectivity index (χ4n) is 0.870. The number of hydrogen-bond acceptors (Lipinski definition) is 7. The van der Waals surface area contributed by atoms with Crippen molar-refractivity contribution in [3.63, 3.8) is 0 Å². The molecule has 9 nitrogen and oxygen atoms in total. The summed E-state index contributed by atoms with van der Waals surface area (Å²) in [6, 6.07) is 0. The summed E-state index contributed by atoms with van der Waals surface area (Å²) in [6.07, 6.45) is -10.2. The second-order valence-corrected chi connectivity index (χ2v) is 3.00. The molecule has 0 fully saturated rings. The molecule has 0 spiro atoms. The molecular weight excluding hydrogens is 268 g/mol. The van der Waals surface area contributed by atoms with E-state index < -0.39 is 43.1 Å². The summed E-state index contributed by atoms with van der Waals surface area (Å²) >= 11 is 0. The predicted octanol–water partition coefficient (Wildman–Crippen LogP) is -5.34. The van der Waals surface area contributed by atoms with Gasteiger partial charge in [0.2, 0.25) is 0 Å². The summed E-state index contributed by atoms with van der Waals surface area (Å²) in [4.78, 5) is 10.2. The van der Waals surface area contributed by atoms with E-state index in [2.05, 4.69) is 0 Å². The number of rotatable bonds is 6. The molecular formula is C7H16CaO9. The zero-order valence-corrected chi connectivity index (χ0v) is 11.0. The van der Waals surface area contributed by atoms with E-state index in [0.29, 0.717) is 0 Å². The largest absolute Gasteiger partial charge is 0.479 e. The zero-order valence-electron chi connectivity index (χ0n) is 8.84. The van der Waals surface area contributed by atoms with E-state index in [0.717, 1.165) is 0 Å². The summed E-state index contributed by atoms with van der Waals surface area (Å²) < 4.78 is 0. The summed E-state index contributed by atoms with van der Waals surface area (Å²) in [6.45, 7) is -0.881. The summed E-state index contributed by atoms with van der Waals surface area (Å²) in [7, 11) is 0. The van der Waals surface area contributed by atoms with Crippen molar-refractivity contribution in [2.45, 2.75) is 30.5 Å². The second kappa shape index (κ2) is 10.4. The van der Waals surface area contributed by atoms with Crippen LogP contribution >= 0.6 is 0 Å². The molecule has 17 heavy (non-hydrogen) atoms. The van der Waals surface area contributed by atoms with Gasteiger partial charge in [-0.3, -0.25) is 0 Å². The van der Waals surface area contributed by atoms with E-state index in [-0.39, 0.29) is 43.2 Å². The minimum atomic E-state index is -2.29. The molecule has 100 valence electrons. The second-order valence-electron chi connectivity index (χ2n) is 3.00. The SMILES string of the molecule is O.O=C(O)[C@H](O)[C@H](O)[C@@H](O)[C@H](O)[C@H](O)CO.[Ca]. The average molecular weight is 284 g/mol. The van der Waals surface area contributed by atoms with Gasteiger partial charge in [-0.25, -0.2) is 4.79 Å². The van der Waals surface area contributed by atoms with E-state index in [4.69, 9.17) is 35.7 Å². The van der Waals surface area contributed by atoms with E-state index >= 15 is 0 Å². The van der Waals surface area contributed by atoms with Gasteiger partial charge in [0.25, 0.3) is 0 Å². The van der Waals surface area contributed by atoms with Gasteiger partial charge in [-0.15, -0.1) is 0 Å². The summed E-state index contributed by atoms with van der Waals surface area (Å²) in [5, 5.41) is 61.5. The normalized spacial score (nSPS) is 18.9. The Kier molecular flexibility index (Phi) is 13.8. The standard InChI is InChI=1S/C7H14O8.Ca.H2O/c8-1-2(9)3(10)4(11)5(12)6(13)7(14)15;;/h2-6,8-13H,1H2,(H,14,15);;1H2/t2-,3-,4+,5-,6-;;/m1../s1. The number of aliphatic hydroxyl groups excluding tert-OH is 6. The van der Waals surface area contributed by atoms with Crippen molar-refractivity contribution in [2.24, 2.45) is 0 Å². The van der Waals surface area contributed by atoms with Crippen LogP contribution in [0, 0.1) is 0 Å². The van der Waals surface area contributed by atoms with Crippen molar-refractivity contribution in [1.29, 1.82) is 0 Å². The van der Waals surface area contributed by atoms with Gasteiger partial charge in [-0.05, 0) is 0 Å². The van der Waals surface area contributed by atoms with Crippen molar-refractivity contribution >= 4 is 43.7 Å². The first kappa shape index (κ1) is 22.6. The van der Waals surface area contributed by atoms with Gasteiger partial charge in [0.1, 0.15) is 24.4 Å². The molecule has 0 unspecified atom stereocenters. The Morgan fingerprint density at radius 3 is 1.65 bits per heavy atom. The molecule has 0 saturated carbocycles. The van der Waals surface area contributed by atoms with Crippen LogP contribution < -0.4 is 0 Å². The molecule has 0 amide bonds. The fourth-order valence-corrected chi connectivity index (χ4v) is 0.870. The molecule has 2 radical (unpaired) electrons.